The van der Waals surface area contributed by atoms with E-state index in [1.165, 1.54) is 6.07 Å². The van der Waals surface area contributed by atoms with Crippen molar-refractivity contribution in [2.75, 3.05) is 7.05 Å². The molecule has 0 fully saturated rings. The van der Waals surface area contributed by atoms with E-state index in [-0.39, 0.29) is 11.9 Å². The summed E-state index contributed by atoms with van der Waals surface area (Å²) in [4.78, 5) is 0. The highest BCUT2D eigenvalue weighted by atomic mass is 79.9. The molecule has 0 saturated heterocycles. The maximum Gasteiger partial charge on any atom is 0.123 e. The monoisotopic (exact) mass is 293 g/mol. The summed E-state index contributed by atoms with van der Waals surface area (Å²) < 4.78 is 14.2. The van der Waals surface area contributed by atoms with Crippen LogP contribution in [0.4, 0.5) is 4.39 Å². The van der Waals surface area contributed by atoms with Crippen LogP contribution in [0.15, 0.2) is 53.0 Å². The van der Waals surface area contributed by atoms with Crippen LogP contribution in [0, 0.1) is 5.82 Å². The molecule has 1 N–H and O–H groups in total. The highest BCUT2D eigenvalue weighted by Gasteiger charge is 2.15. The Kier molecular flexibility index (Phi) is 3.92. The van der Waals surface area contributed by atoms with Crippen LogP contribution < -0.4 is 5.32 Å². The third-order valence-corrected chi connectivity index (χ3v) is 3.41. The van der Waals surface area contributed by atoms with Gasteiger partial charge in [0, 0.05) is 4.47 Å². The fourth-order valence-corrected chi connectivity index (χ4v) is 2.36. The van der Waals surface area contributed by atoms with Crippen LogP contribution in [0.1, 0.15) is 17.2 Å². The van der Waals surface area contributed by atoms with Gasteiger partial charge < -0.3 is 5.32 Å². The van der Waals surface area contributed by atoms with E-state index in [1.54, 1.807) is 12.1 Å². The third-order valence-electron chi connectivity index (χ3n) is 2.69. The Hall–Kier alpha value is -1.19. The van der Waals surface area contributed by atoms with Crippen molar-refractivity contribution in [1.29, 1.82) is 0 Å². The summed E-state index contributed by atoms with van der Waals surface area (Å²) in [6.45, 7) is 0. The second kappa shape index (κ2) is 5.43. The van der Waals surface area contributed by atoms with Crippen LogP contribution in [0.25, 0.3) is 0 Å². The van der Waals surface area contributed by atoms with E-state index in [2.05, 4.69) is 21.2 Å². The molecule has 0 aliphatic heterocycles. The summed E-state index contributed by atoms with van der Waals surface area (Å²) in [6, 6.07) is 14.7. The van der Waals surface area contributed by atoms with Crippen LogP contribution in [0.3, 0.4) is 0 Å². The summed E-state index contributed by atoms with van der Waals surface area (Å²) >= 11 is 3.46. The van der Waals surface area contributed by atoms with Gasteiger partial charge in [-0.05, 0) is 36.4 Å². The van der Waals surface area contributed by atoms with E-state index >= 15 is 0 Å². The lowest BCUT2D eigenvalue weighted by molar-refractivity contribution is 0.615. The molecule has 2 aromatic rings. The molecule has 88 valence electrons. The lowest BCUT2D eigenvalue weighted by Gasteiger charge is -2.18. The van der Waals surface area contributed by atoms with E-state index < -0.39 is 0 Å². The molecule has 1 nitrogen and oxygen atoms in total. The van der Waals surface area contributed by atoms with Gasteiger partial charge in [0.25, 0.3) is 0 Å². The summed E-state index contributed by atoms with van der Waals surface area (Å²) in [5.41, 5.74) is 2.01. The van der Waals surface area contributed by atoms with Crippen LogP contribution in [-0.2, 0) is 0 Å². The smallest absolute Gasteiger partial charge is 0.123 e. The van der Waals surface area contributed by atoms with E-state index in [0.29, 0.717) is 0 Å². The Balaban J connectivity index is 2.46. The van der Waals surface area contributed by atoms with Crippen molar-refractivity contribution < 1.29 is 4.39 Å². The molecule has 0 bridgehead atoms. The van der Waals surface area contributed by atoms with E-state index in [4.69, 9.17) is 0 Å². The van der Waals surface area contributed by atoms with Crippen LogP contribution in [-0.4, -0.2) is 7.05 Å². The molecule has 0 aromatic heterocycles. The third kappa shape index (κ3) is 2.73. The first kappa shape index (κ1) is 12.3. The summed E-state index contributed by atoms with van der Waals surface area (Å²) in [5, 5.41) is 3.21. The zero-order chi connectivity index (χ0) is 12.3. The first-order chi connectivity index (χ1) is 8.22. The molecule has 17 heavy (non-hydrogen) atoms. The van der Waals surface area contributed by atoms with Gasteiger partial charge in [-0.1, -0.05) is 46.3 Å². The van der Waals surface area contributed by atoms with Gasteiger partial charge >= 0.3 is 0 Å². The number of nitrogens with one attached hydrogen (secondary N) is 1. The molecular formula is C14H13BrFN. The highest BCUT2D eigenvalue weighted by molar-refractivity contribution is 9.10. The molecule has 1 unspecified atom stereocenters. The van der Waals surface area contributed by atoms with Crippen molar-refractivity contribution in [1.82, 2.24) is 5.32 Å². The van der Waals surface area contributed by atoms with E-state index in [9.17, 15) is 4.39 Å². The summed E-state index contributed by atoms with van der Waals surface area (Å²) in [7, 11) is 1.87. The van der Waals surface area contributed by atoms with E-state index in [1.807, 2.05) is 37.4 Å². The summed E-state index contributed by atoms with van der Waals surface area (Å²) in [5.74, 6) is -0.223. The molecule has 0 aliphatic carbocycles. The van der Waals surface area contributed by atoms with Gasteiger partial charge in [0.05, 0.1) is 6.04 Å². The Bertz CT molecular complexity index is 499. The quantitative estimate of drug-likeness (QED) is 0.905. The molecule has 0 saturated carbocycles. The zero-order valence-corrected chi connectivity index (χ0v) is 11.0. The van der Waals surface area contributed by atoms with Gasteiger partial charge in [0.2, 0.25) is 0 Å². The number of rotatable bonds is 3. The second-order valence-electron chi connectivity index (χ2n) is 3.80. The van der Waals surface area contributed by atoms with Gasteiger partial charge in [-0.25, -0.2) is 4.39 Å². The van der Waals surface area contributed by atoms with Gasteiger partial charge in [-0.2, -0.15) is 0 Å². The number of hydrogen-bond acceptors (Lipinski definition) is 1. The molecule has 2 rings (SSSR count). The predicted molar refractivity (Wildman–Crippen MR) is 71.4 cm³/mol. The Morgan fingerprint density at radius 3 is 2.47 bits per heavy atom. The van der Waals surface area contributed by atoms with Crippen molar-refractivity contribution in [3.05, 3.63) is 69.9 Å². The molecular weight excluding hydrogens is 281 g/mol. The minimum atomic E-state index is -0.223. The molecule has 0 radical (unpaired) electrons. The molecule has 3 heteroatoms. The minimum absolute atomic E-state index is 0.0127. The van der Waals surface area contributed by atoms with Crippen molar-refractivity contribution in [2.24, 2.45) is 0 Å². The molecule has 1 atom stereocenters. The number of hydrogen-bond donors (Lipinski definition) is 1. The SMILES string of the molecule is CNC(c1ccccc1)c1cc(F)ccc1Br. The average molecular weight is 294 g/mol. The van der Waals surface area contributed by atoms with Gasteiger partial charge in [0.15, 0.2) is 0 Å². The molecule has 2 aromatic carbocycles. The Morgan fingerprint density at radius 2 is 1.82 bits per heavy atom. The van der Waals surface area contributed by atoms with E-state index in [0.717, 1.165) is 15.6 Å². The minimum Gasteiger partial charge on any atom is -0.309 e. The fraction of sp³-hybridized carbons (Fsp3) is 0.143. The number of halogens is 2. The van der Waals surface area contributed by atoms with Gasteiger partial charge in [-0.3, -0.25) is 0 Å². The van der Waals surface area contributed by atoms with Crippen molar-refractivity contribution in [3.63, 3.8) is 0 Å². The molecule has 0 spiro atoms. The molecule has 0 amide bonds. The lowest BCUT2D eigenvalue weighted by atomic mass is 9.99. The second-order valence-corrected chi connectivity index (χ2v) is 4.65. The van der Waals surface area contributed by atoms with Gasteiger partial charge in [-0.15, -0.1) is 0 Å². The molecule has 0 heterocycles. The van der Waals surface area contributed by atoms with Gasteiger partial charge in [0.1, 0.15) is 5.82 Å². The average Bonchev–Trinajstić information content (AvgIpc) is 2.36. The maximum absolute atomic E-state index is 13.3. The van der Waals surface area contributed by atoms with Crippen LogP contribution >= 0.6 is 15.9 Å². The highest BCUT2D eigenvalue weighted by Crippen LogP contribution is 2.28. The predicted octanol–water partition coefficient (Wildman–Crippen LogP) is 3.90. The van der Waals surface area contributed by atoms with Crippen molar-refractivity contribution in [2.45, 2.75) is 6.04 Å². The normalized spacial score (nSPS) is 12.4. The Morgan fingerprint density at radius 1 is 1.12 bits per heavy atom. The zero-order valence-electron chi connectivity index (χ0n) is 9.45. The first-order valence-electron chi connectivity index (χ1n) is 5.39. The lowest BCUT2D eigenvalue weighted by Crippen LogP contribution is -2.18. The Labute approximate surface area is 109 Å². The topological polar surface area (TPSA) is 12.0 Å². The molecule has 0 aliphatic rings. The first-order valence-corrected chi connectivity index (χ1v) is 6.19. The standard InChI is InChI=1S/C14H13BrFN/c1-17-14(10-5-3-2-4-6-10)12-9-11(16)7-8-13(12)15/h2-9,14,17H,1H3. The van der Waals surface area contributed by atoms with Crippen LogP contribution in [0.5, 0.6) is 0 Å². The largest absolute Gasteiger partial charge is 0.309 e. The van der Waals surface area contributed by atoms with Crippen LogP contribution in [0.2, 0.25) is 0 Å². The maximum atomic E-state index is 13.3. The fourth-order valence-electron chi connectivity index (χ4n) is 1.88. The number of benzene rings is 2. The summed E-state index contributed by atoms with van der Waals surface area (Å²) in [6.07, 6.45) is 0. The van der Waals surface area contributed by atoms with Crippen molar-refractivity contribution in [3.8, 4) is 0 Å². The van der Waals surface area contributed by atoms with Crippen molar-refractivity contribution >= 4 is 15.9 Å².